The van der Waals surface area contributed by atoms with E-state index in [4.69, 9.17) is 14.7 Å². The fraction of sp³-hybridized carbons (Fsp3) is 0.391. The van der Waals surface area contributed by atoms with Crippen LogP contribution in [0.15, 0.2) is 48.5 Å². The van der Waals surface area contributed by atoms with Gasteiger partial charge >= 0.3 is 0 Å². The van der Waals surface area contributed by atoms with Crippen molar-refractivity contribution in [1.29, 1.82) is 0 Å². The maximum atomic E-state index is 9.19. The van der Waals surface area contributed by atoms with Gasteiger partial charge < -0.3 is 20.1 Å². The Morgan fingerprint density at radius 3 is 2.24 bits per heavy atom. The zero-order valence-corrected chi connectivity index (χ0v) is 17.0. The Morgan fingerprint density at radius 1 is 0.966 bits per heavy atom. The van der Waals surface area contributed by atoms with Gasteiger partial charge in [0.15, 0.2) is 11.6 Å². The molecule has 0 radical (unpaired) electrons. The van der Waals surface area contributed by atoms with Crippen LogP contribution in [0.1, 0.15) is 25.0 Å². The fourth-order valence-corrected chi connectivity index (χ4v) is 3.82. The van der Waals surface area contributed by atoms with Crippen LogP contribution in [0.2, 0.25) is 0 Å². The first-order valence-corrected chi connectivity index (χ1v) is 10.2. The summed E-state index contributed by atoms with van der Waals surface area (Å²) < 4.78 is 5.89. The normalized spacial score (nSPS) is 19.5. The van der Waals surface area contributed by atoms with Crippen LogP contribution in [0.3, 0.4) is 0 Å². The highest BCUT2D eigenvalue weighted by molar-refractivity contribution is 5.80. The van der Waals surface area contributed by atoms with Gasteiger partial charge in [0.25, 0.3) is 0 Å². The largest absolute Gasteiger partial charge is 0.392 e. The quantitative estimate of drug-likeness (QED) is 0.670. The van der Waals surface area contributed by atoms with Crippen LogP contribution in [-0.2, 0) is 17.8 Å². The van der Waals surface area contributed by atoms with Gasteiger partial charge in [-0.1, -0.05) is 36.4 Å². The summed E-state index contributed by atoms with van der Waals surface area (Å²) in [4.78, 5) is 12.1. The average Bonchev–Trinajstić information content (AvgIpc) is 2.73. The second-order valence-electron chi connectivity index (χ2n) is 7.70. The maximum absolute atomic E-state index is 9.19. The third kappa shape index (κ3) is 4.66. The number of rotatable bonds is 6. The standard InChI is InChI=1S/C23H28N4O2/c1-16-13-27(14-17(2)29-16)23-22(25-20-5-3-4-6-21(20)26-23)24-12-11-18-7-9-19(15-28)10-8-18/h3-10,16-17,28H,11-15H2,1-2H3,(H,24,25). The average molecular weight is 393 g/mol. The van der Waals surface area contributed by atoms with Gasteiger partial charge in [-0.05, 0) is 43.5 Å². The third-order valence-corrected chi connectivity index (χ3v) is 5.18. The van der Waals surface area contributed by atoms with E-state index in [1.165, 1.54) is 5.56 Å². The number of ether oxygens (including phenoxy) is 1. The molecule has 0 bridgehead atoms. The molecular weight excluding hydrogens is 364 g/mol. The molecule has 2 unspecified atom stereocenters. The van der Waals surface area contributed by atoms with Gasteiger partial charge in [0.2, 0.25) is 0 Å². The van der Waals surface area contributed by atoms with Crippen molar-refractivity contribution in [3.05, 3.63) is 59.7 Å². The van der Waals surface area contributed by atoms with E-state index in [2.05, 4.69) is 36.2 Å². The maximum Gasteiger partial charge on any atom is 0.172 e. The summed E-state index contributed by atoms with van der Waals surface area (Å²) in [5.41, 5.74) is 3.94. The van der Waals surface area contributed by atoms with Crippen LogP contribution in [0.5, 0.6) is 0 Å². The predicted octanol–water partition coefficient (Wildman–Crippen LogP) is 3.39. The second-order valence-corrected chi connectivity index (χ2v) is 7.70. The number of benzene rings is 2. The van der Waals surface area contributed by atoms with E-state index >= 15 is 0 Å². The summed E-state index contributed by atoms with van der Waals surface area (Å²) in [7, 11) is 0. The Balaban J connectivity index is 1.56. The van der Waals surface area contributed by atoms with Crippen molar-refractivity contribution in [1.82, 2.24) is 9.97 Å². The van der Waals surface area contributed by atoms with Gasteiger partial charge in [-0.3, -0.25) is 0 Å². The molecule has 2 heterocycles. The fourth-order valence-electron chi connectivity index (χ4n) is 3.82. The number of anilines is 2. The van der Waals surface area contributed by atoms with E-state index in [-0.39, 0.29) is 18.8 Å². The zero-order valence-electron chi connectivity index (χ0n) is 17.0. The van der Waals surface area contributed by atoms with Crippen LogP contribution in [-0.4, -0.2) is 46.9 Å². The Morgan fingerprint density at radius 2 is 1.59 bits per heavy atom. The lowest BCUT2D eigenvalue weighted by molar-refractivity contribution is -0.00541. The van der Waals surface area contributed by atoms with Crippen LogP contribution >= 0.6 is 0 Å². The van der Waals surface area contributed by atoms with Crippen molar-refractivity contribution in [2.24, 2.45) is 0 Å². The number of nitrogens with one attached hydrogen (secondary N) is 1. The molecule has 29 heavy (non-hydrogen) atoms. The van der Waals surface area contributed by atoms with E-state index in [1.54, 1.807) is 0 Å². The van der Waals surface area contributed by atoms with E-state index in [0.717, 1.165) is 54.3 Å². The molecule has 2 atom stereocenters. The molecule has 1 aromatic heterocycles. The molecule has 1 aliphatic heterocycles. The molecule has 152 valence electrons. The minimum Gasteiger partial charge on any atom is -0.392 e. The molecule has 0 spiro atoms. The van der Waals surface area contributed by atoms with Crippen molar-refractivity contribution in [3.63, 3.8) is 0 Å². The minimum atomic E-state index is 0.0744. The van der Waals surface area contributed by atoms with Crippen molar-refractivity contribution < 1.29 is 9.84 Å². The van der Waals surface area contributed by atoms with Crippen LogP contribution in [0, 0.1) is 0 Å². The monoisotopic (exact) mass is 392 g/mol. The van der Waals surface area contributed by atoms with Crippen LogP contribution < -0.4 is 10.2 Å². The topological polar surface area (TPSA) is 70.5 Å². The van der Waals surface area contributed by atoms with Crippen molar-refractivity contribution in [2.45, 2.75) is 39.1 Å². The lowest BCUT2D eigenvalue weighted by atomic mass is 10.1. The SMILES string of the molecule is CC1CN(c2nc3ccccc3nc2NCCc2ccc(CO)cc2)CC(C)O1. The highest BCUT2D eigenvalue weighted by atomic mass is 16.5. The van der Waals surface area contributed by atoms with Gasteiger partial charge in [-0.15, -0.1) is 0 Å². The molecule has 0 aliphatic carbocycles. The highest BCUT2D eigenvalue weighted by Gasteiger charge is 2.26. The van der Waals surface area contributed by atoms with Gasteiger partial charge in [-0.25, -0.2) is 9.97 Å². The van der Waals surface area contributed by atoms with Gasteiger partial charge in [0, 0.05) is 19.6 Å². The number of aromatic nitrogens is 2. The van der Waals surface area contributed by atoms with Crippen molar-refractivity contribution >= 4 is 22.7 Å². The Labute approximate surface area is 171 Å². The number of para-hydroxylation sites is 2. The summed E-state index contributed by atoms with van der Waals surface area (Å²) in [6, 6.07) is 16.0. The molecule has 0 amide bonds. The van der Waals surface area contributed by atoms with Crippen LogP contribution in [0.25, 0.3) is 11.0 Å². The molecule has 1 aliphatic rings. The number of hydrogen-bond acceptors (Lipinski definition) is 6. The summed E-state index contributed by atoms with van der Waals surface area (Å²) in [6.45, 7) is 6.63. The summed E-state index contributed by atoms with van der Waals surface area (Å²) in [6.07, 6.45) is 1.19. The highest BCUT2D eigenvalue weighted by Crippen LogP contribution is 2.27. The molecule has 4 rings (SSSR count). The minimum absolute atomic E-state index is 0.0744. The molecule has 3 aromatic rings. The summed E-state index contributed by atoms with van der Waals surface area (Å²) >= 11 is 0. The Hall–Kier alpha value is -2.70. The summed E-state index contributed by atoms with van der Waals surface area (Å²) in [5.74, 6) is 1.71. The van der Waals surface area contributed by atoms with Gasteiger partial charge in [0.05, 0.1) is 29.8 Å². The Bertz CT molecular complexity index is 951. The molecule has 2 N–H and O–H groups in total. The number of fused-ring (bicyclic) bond motifs is 1. The van der Waals surface area contributed by atoms with E-state index in [9.17, 15) is 5.11 Å². The third-order valence-electron chi connectivity index (χ3n) is 5.18. The van der Waals surface area contributed by atoms with E-state index in [1.807, 2.05) is 36.4 Å². The second kappa shape index (κ2) is 8.76. The van der Waals surface area contributed by atoms with Crippen molar-refractivity contribution in [2.75, 3.05) is 29.9 Å². The smallest absolute Gasteiger partial charge is 0.172 e. The number of aliphatic hydroxyl groups is 1. The number of nitrogens with zero attached hydrogens (tertiary/aromatic N) is 3. The summed E-state index contributed by atoms with van der Waals surface area (Å²) in [5, 5.41) is 12.7. The number of aliphatic hydroxyl groups excluding tert-OH is 1. The molecular formula is C23H28N4O2. The lowest BCUT2D eigenvalue weighted by Crippen LogP contribution is -2.46. The molecule has 0 saturated carbocycles. The molecule has 1 fully saturated rings. The van der Waals surface area contributed by atoms with E-state index < -0.39 is 0 Å². The zero-order chi connectivity index (χ0) is 20.2. The molecule has 6 nitrogen and oxygen atoms in total. The Kier molecular flexibility index (Phi) is 5.92. The first-order chi connectivity index (χ1) is 14.1. The first kappa shape index (κ1) is 19.6. The number of hydrogen-bond donors (Lipinski definition) is 2. The van der Waals surface area contributed by atoms with Gasteiger partial charge in [0.1, 0.15) is 0 Å². The van der Waals surface area contributed by atoms with Crippen molar-refractivity contribution in [3.8, 4) is 0 Å². The lowest BCUT2D eigenvalue weighted by Gasteiger charge is -2.36. The number of morpholine rings is 1. The molecule has 2 aromatic carbocycles. The van der Waals surface area contributed by atoms with E-state index in [0.29, 0.717) is 0 Å². The molecule has 6 heteroatoms. The van der Waals surface area contributed by atoms with Crippen LogP contribution in [0.4, 0.5) is 11.6 Å². The predicted molar refractivity (Wildman–Crippen MR) is 116 cm³/mol. The first-order valence-electron chi connectivity index (χ1n) is 10.2. The van der Waals surface area contributed by atoms with Gasteiger partial charge in [-0.2, -0.15) is 0 Å². The molecule has 1 saturated heterocycles.